The first-order valence-corrected chi connectivity index (χ1v) is 9.74. The summed E-state index contributed by atoms with van der Waals surface area (Å²) in [6.07, 6.45) is 3.98. The first-order chi connectivity index (χ1) is 13.9. The van der Waals surface area contributed by atoms with E-state index in [2.05, 4.69) is 20.7 Å². The van der Waals surface area contributed by atoms with E-state index in [0.717, 1.165) is 37.2 Å². The Morgan fingerprint density at radius 2 is 1.90 bits per heavy atom. The second-order valence-corrected chi connectivity index (χ2v) is 7.57. The molecule has 1 amide bonds. The van der Waals surface area contributed by atoms with Crippen molar-refractivity contribution in [1.82, 2.24) is 24.5 Å². The Bertz CT molecular complexity index is 1020. The van der Waals surface area contributed by atoms with Crippen LogP contribution in [0.25, 0.3) is 5.65 Å². The van der Waals surface area contributed by atoms with E-state index in [9.17, 15) is 13.6 Å². The summed E-state index contributed by atoms with van der Waals surface area (Å²) in [6.45, 7) is 1.83. The minimum absolute atomic E-state index is 0.0882. The Morgan fingerprint density at radius 3 is 2.55 bits per heavy atom. The van der Waals surface area contributed by atoms with Crippen LogP contribution in [0, 0.1) is 6.92 Å². The Balaban J connectivity index is 1.36. The molecule has 0 aliphatic heterocycles. The van der Waals surface area contributed by atoms with Gasteiger partial charge in [0.25, 0.3) is 12.3 Å². The normalized spacial score (nSPS) is 19.6. The molecule has 1 fully saturated rings. The molecule has 29 heavy (non-hydrogen) atoms. The molecule has 0 bridgehead atoms. The van der Waals surface area contributed by atoms with E-state index in [1.54, 1.807) is 28.4 Å². The Kier molecular flexibility index (Phi) is 5.21. The number of alkyl halides is 2. The summed E-state index contributed by atoms with van der Waals surface area (Å²) in [7, 11) is 1.80. The zero-order chi connectivity index (χ0) is 20.5. The molecule has 0 radical (unpaired) electrons. The van der Waals surface area contributed by atoms with Gasteiger partial charge in [-0.2, -0.15) is 5.10 Å². The average Bonchev–Trinajstić information content (AvgIpc) is 3.27. The van der Waals surface area contributed by atoms with Crippen LogP contribution in [0.3, 0.4) is 0 Å². The molecular formula is C20H24F2N6O. The first-order valence-electron chi connectivity index (χ1n) is 9.74. The van der Waals surface area contributed by atoms with Crippen LogP contribution in [0.5, 0.6) is 0 Å². The van der Waals surface area contributed by atoms with Gasteiger partial charge in [0.2, 0.25) is 0 Å². The Labute approximate surface area is 167 Å². The lowest BCUT2D eigenvalue weighted by atomic mass is 9.91. The third-order valence-electron chi connectivity index (χ3n) is 5.41. The van der Waals surface area contributed by atoms with Crippen LogP contribution in [0.2, 0.25) is 0 Å². The average molecular weight is 402 g/mol. The topological polar surface area (TPSA) is 76.2 Å². The van der Waals surface area contributed by atoms with Gasteiger partial charge in [-0.25, -0.2) is 13.8 Å². The second kappa shape index (κ2) is 7.81. The highest BCUT2D eigenvalue weighted by molar-refractivity contribution is 5.95. The lowest BCUT2D eigenvalue weighted by molar-refractivity contribution is 0.0926. The maximum absolute atomic E-state index is 13.0. The smallest absolute Gasteiger partial charge is 0.281 e. The Morgan fingerprint density at radius 1 is 1.17 bits per heavy atom. The monoisotopic (exact) mass is 402 g/mol. The molecule has 9 heteroatoms. The van der Waals surface area contributed by atoms with E-state index in [1.807, 2.05) is 19.1 Å². The van der Waals surface area contributed by atoms with E-state index < -0.39 is 6.43 Å². The number of rotatable bonds is 5. The van der Waals surface area contributed by atoms with Crippen LogP contribution >= 0.6 is 0 Å². The van der Waals surface area contributed by atoms with Crippen molar-refractivity contribution in [2.45, 2.75) is 51.1 Å². The number of carbonyl (C=O) groups excluding carboxylic acids is 1. The van der Waals surface area contributed by atoms with E-state index in [0.29, 0.717) is 11.2 Å². The van der Waals surface area contributed by atoms with Crippen LogP contribution in [0.4, 0.5) is 14.6 Å². The Hall–Kier alpha value is -2.97. The highest BCUT2D eigenvalue weighted by atomic mass is 19.3. The van der Waals surface area contributed by atoms with Gasteiger partial charge >= 0.3 is 0 Å². The summed E-state index contributed by atoms with van der Waals surface area (Å²) in [5, 5.41) is 10.8. The first kappa shape index (κ1) is 19.4. The predicted molar refractivity (Wildman–Crippen MR) is 105 cm³/mol. The molecule has 0 spiro atoms. The standard InChI is InChI=1S/C20H24F2N6O/c1-12-15(10-27(2)26-12)20(29)24-14-8-6-13(7-9-14)23-17-4-3-5-18-25-16(19(21)22)11-28(17)18/h3-5,10-11,13-14,19,23H,6-9H2,1-2H3,(H,24,29). The van der Waals surface area contributed by atoms with Gasteiger partial charge in [-0.3, -0.25) is 13.9 Å². The molecule has 0 atom stereocenters. The fourth-order valence-electron chi connectivity index (χ4n) is 3.93. The van der Waals surface area contributed by atoms with Crippen LogP contribution < -0.4 is 10.6 Å². The molecule has 3 aromatic heterocycles. The highest BCUT2D eigenvalue weighted by Gasteiger charge is 2.24. The molecule has 1 saturated carbocycles. The molecule has 1 aliphatic carbocycles. The molecule has 154 valence electrons. The molecule has 0 saturated heterocycles. The number of aryl methyl sites for hydroxylation is 2. The van der Waals surface area contributed by atoms with Crippen molar-refractivity contribution in [3.05, 3.63) is 47.5 Å². The van der Waals surface area contributed by atoms with Crippen molar-refractivity contribution in [2.75, 3.05) is 5.32 Å². The van der Waals surface area contributed by atoms with Crippen molar-refractivity contribution in [1.29, 1.82) is 0 Å². The molecule has 2 N–H and O–H groups in total. The number of fused-ring (bicyclic) bond motifs is 1. The summed E-state index contributed by atoms with van der Waals surface area (Å²) < 4.78 is 29.2. The van der Waals surface area contributed by atoms with Crippen LogP contribution in [-0.4, -0.2) is 37.2 Å². The zero-order valence-electron chi connectivity index (χ0n) is 16.4. The van der Waals surface area contributed by atoms with Crippen molar-refractivity contribution >= 4 is 17.4 Å². The summed E-state index contributed by atoms with van der Waals surface area (Å²) >= 11 is 0. The van der Waals surface area contributed by atoms with Gasteiger partial charge in [0.05, 0.1) is 11.3 Å². The lowest BCUT2D eigenvalue weighted by Gasteiger charge is -2.30. The number of nitrogens with one attached hydrogen (secondary N) is 2. The van der Waals surface area contributed by atoms with Crippen LogP contribution in [0.1, 0.15) is 53.9 Å². The molecule has 3 aromatic rings. The van der Waals surface area contributed by atoms with E-state index in [4.69, 9.17) is 0 Å². The second-order valence-electron chi connectivity index (χ2n) is 7.57. The molecule has 3 heterocycles. The van der Waals surface area contributed by atoms with Gasteiger partial charge in [0.1, 0.15) is 17.2 Å². The van der Waals surface area contributed by atoms with Gasteiger partial charge in [-0.15, -0.1) is 0 Å². The number of imidazole rings is 1. The molecule has 0 unspecified atom stereocenters. The summed E-state index contributed by atoms with van der Waals surface area (Å²) in [5.74, 6) is 0.662. The maximum Gasteiger partial charge on any atom is 0.281 e. The van der Waals surface area contributed by atoms with Gasteiger partial charge in [-0.1, -0.05) is 6.07 Å². The lowest BCUT2D eigenvalue weighted by Crippen LogP contribution is -2.40. The van der Waals surface area contributed by atoms with Crippen molar-refractivity contribution in [2.24, 2.45) is 7.05 Å². The van der Waals surface area contributed by atoms with E-state index in [1.165, 1.54) is 6.20 Å². The number of amides is 1. The number of nitrogens with zero attached hydrogens (tertiary/aromatic N) is 4. The van der Waals surface area contributed by atoms with Gasteiger partial charge < -0.3 is 10.6 Å². The van der Waals surface area contributed by atoms with Crippen molar-refractivity contribution < 1.29 is 13.6 Å². The number of carbonyl (C=O) groups is 1. The fourth-order valence-corrected chi connectivity index (χ4v) is 3.93. The molecule has 1 aliphatic rings. The predicted octanol–water partition coefficient (Wildman–Crippen LogP) is 3.47. The third-order valence-corrected chi connectivity index (χ3v) is 5.41. The SMILES string of the molecule is Cc1nn(C)cc1C(=O)NC1CCC(Nc2cccc3nc(C(F)F)cn23)CC1. The van der Waals surface area contributed by atoms with Gasteiger partial charge in [0.15, 0.2) is 0 Å². The quantitative estimate of drug-likeness (QED) is 0.685. The summed E-state index contributed by atoms with van der Waals surface area (Å²) in [5.41, 5.74) is 1.60. The van der Waals surface area contributed by atoms with Crippen LogP contribution in [0.15, 0.2) is 30.6 Å². The molecule has 4 rings (SSSR count). The number of halogens is 2. The third kappa shape index (κ3) is 4.08. The number of anilines is 1. The summed E-state index contributed by atoms with van der Waals surface area (Å²) in [6, 6.07) is 5.72. The molecular weight excluding hydrogens is 378 g/mol. The van der Waals surface area contributed by atoms with Gasteiger partial charge in [-0.05, 0) is 44.7 Å². The maximum atomic E-state index is 13.0. The minimum atomic E-state index is -2.59. The number of hydrogen-bond acceptors (Lipinski definition) is 4. The number of pyridine rings is 1. The van der Waals surface area contributed by atoms with Gasteiger partial charge in [0, 0.05) is 31.5 Å². The molecule has 0 aromatic carbocycles. The minimum Gasteiger partial charge on any atom is -0.368 e. The number of hydrogen-bond donors (Lipinski definition) is 2. The van der Waals surface area contributed by atoms with Crippen molar-refractivity contribution in [3.8, 4) is 0 Å². The van der Waals surface area contributed by atoms with Crippen LogP contribution in [-0.2, 0) is 7.05 Å². The fraction of sp³-hybridized carbons (Fsp3) is 0.450. The zero-order valence-corrected chi connectivity index (χ0v) is 16.4. The number of aromatic nitrogens is 4. The van der Waals surface area contributed by atoms with Crippen molar-refractivity contribution in [3.63, 3.8) is 0 Å². The largest absolute Gasteiger partial charge is 0.368 e. The van der Waals surface area contributed by atoms with E-state index in [-0.39, 0.29) is 23.7 Å². The highest BCUT2D eigenvalue weighted by Crippen LogP contribution is 2.25. The van der Waals surface area contributed by atoms with E-state index >= 15 is 0 Å². The summed E-state index contributed by atoms with van der Waals surface area (Å²) in [4.78, 5) is 16.4. The molecule has 7 nitrogen and oxygen atoms in total.